The van der Waals surface area contributed by atoms with Gasteiger partial charge in [0.2, 0.25) is 0 Å². The molecule has 0 aromatic heterocycles. The van der Waals surface area contributed by atoms with E-state index in [9.17, 15) is 4.79 Å². The predicted molar refractivity (Wildman–Crippen MR) is 88.9 cm³/mol. The molecule has 1 aromatic rings. The van der Waals surface area contributed by atoms with Crippen molar-refractivity contribution in [2.24, 2.45) is 0 Å². The van der Waals surface area contributed by atoms with E-state index in [4.69, 9.17) is 0 Å². The molecule has 1 amide bonds. The Balaban J connectivity index is 2.26. The summed E-state index contributed by atoms with van der Waals surface area (Å²) in [7, 11) is 0. The Kier molecular flexibility index (Phi) is 5.66. The van der Waals surface area contributed by atoms with Crippen LogP contribution in [0.2, 0.25) is 0 Å². The molecule has 0 aliphatic carbocycles. The molecule has 1 atom stereocenters. The fourth-order valence-electron chi connectivity index (χ4n) is 3.10. The fourth-order valence-corrected chi connectivity index (χ4v) is 3.10. The van der Waals surface area contributed by atoms with Crippen LogP contribution in [0.5, 0.6) is 0 Å². The molecule has 21 heavy (non-hydrogen) atoms. The second kappa shape index (κ2) is 7.48. The normalized spacial score (nSPS) is 18.6. The van der Waals surface area contributed by atoms with E-state index in [1.54, 1.807) is 0 Å². The summed E-state index contributed by atoms with van der Waals surface area (Å²) >= 11 is 0. The minimum atomic E-state index is 0.198. The molecule has 1 aliphatic rings. The standard InChI is InChI=1S/C18H28N2O/c1-4-11-19-17-10-9-14(3)13-16(17)18(21)20-12-7-6-8-15(20)5-2/h9-10,13,15,19H,4-8,11-12H2,1-3H3. The molecule has 3 nitrogen and oxygen atoms in total. The Bertz CT molecular complexity index is 484. The van der Waals surface area contributed by atoms with Crippen LogP contribution in [-0.2, 0) is 0 Å². The Morgan fingerprint density at radius 3 is 2.86 bits per heavy atom. The van der Waals surface area contributed by atoms with Crippen LogP contribution in [0.4, 0.5) is 5.69 Å². The SMILES string of the molecule is CCCNc1ccc(C)cc1C(=O)N1CCCCC1CC. The number of hydrogen-bond donors (Lipinski definition) is 1. The van der Waals surface area contributed by atoms with Crippen LogP contribution in [0, 0.1) is 6.92 Å². The maximum atomic E-state index is 13.0. The lowest BCUT2D eigenvalue weighted by molar-refractivity contribution is 0.0609. The summed E-state index contributed by atoms with van der Waals surface area (Å²) in [4.78, 5) is 15.1. The Labute approximate surface area is 128 Å². The molecule has 1 unspecified atom stereocenters. The maximum Gasteiger partial charge on any atom is 0.256 e. The summed E-state index contributed by atoms with van der Waals surface area (Å²) in [5.74, 6) is 0.198. The molecule has 0 spiro atoms. The van der Waals surface area contributed by atoms with E-state index in [-0.39, 0.29) is 5.91 Å². The van der Waals surface area contributed by atoms with E-state index < -0.39 is 0 Å². The second-order valence-corrected chi connectivity index (χ2v) is 6.03. The number of anilines is 1. The number of amides is 1. The molecule has 1 saturated heterocycles. The lowest BCUT2D eigenvalue weighted by atomic mass is 9.98. The van der Waals surface area contributed by atoms with Crippen molar-refractivity contribution in [3.05, 3.63) is 29.3 Å². The maximum absolute atomic E-state index is 13.0. The topological polar surface area (TPSA) is 32.3 Å². The Hall–Kier alpha value is -1.51. The van der Waals surface area contributed by atoms with Gasteiger partial charge in [-0.2, -0.15) is 0 Å². The van der Waals surface area contributed by atoms with Crippen LogP contribution in [0.25, 0.3) is 0 Å². The van der Waals surface area contributed by atoms with Crippen LogP contribution in [-0.4, -0.2) is 29.9 Å². The van der Waals surface area contributed by atoms with Crippen LogP contribution < -0.4 is 5.32 Å². The zero-order chi connectivity index (χ0) is 15.2. The minimum absolute atomic E-state index is 0.198. The van der Waals surface area contributed by atoms with Crippen molar-refractivity contribution in [3.63, 3.8) is 0 Å². The number of likely N-dealkylation sites (tertiary alicyclic amines) is 1. The summed E-state index contributed by atoms with van der Waals surface area (Å²) in [6.07, 6.45) is 5.63. The monoisotopic (exact) mass is 288 g/mol. The molecular formula is C18H28N2O. The highest BCUT2D eigenvalue weighted by Crippen LogP contribution is 2.25. The summed E-state index contributed by atoms with van der Waals surface area (Å²) in [5, 5.41) is 3.40. The van der Waals surface area contributed by atoms with Gasteiger partial charge in [-0.3, -0.25) is 4.79 Å². The molecule has 0 saturated carbocycles. The zero-order valence-electron chi connectivity index (χ0n) is 13.6. The highest BCUT2D eigenvalue weighted by atomic mass is 16.2. The average Bonchev–Trinajstić information content (AvgIpc) is 2.53. The number of benzene rings is 1. The van der Waals surface area contributed by atoms with Crippen molar-refractivity contribution in [2.45, 2.75) is 58.9 Å². The van der Waals surface area contributed by atoms with Crippen LogP contribution in [0.1, 0.15) is 61.9 Å². The summed E-state index contributed by atoms with van der Waals surface area (Å²) < 4.78 is 0. The highest BCUT2D eigenvalue weighted by Gasteiger charge is 2.27. The minimum Gasteiger partial charge on any atom is -0.384 e. The van der Waals surface area contributed by atoms with E-state index in [0.29, 0.717) is 6.04 Å². The summed E-state index contributed by atoms with van der Waals surface area (Å²) in [6.45, 7) is 8.18. The molecule has 1 N–H and O–H groups in total. The first-order chi connectivity index (χ1) is 10.2. The highest BCUT2D eigenvalue weighted by molar-refractivity contribution is 6.00. The number of carbonyl (C=O) groups is 1. The van der Waals surface area contributed by atoms with E-state index in [1.807, 2.05) is 19.1 Å². The molecule has 2 rings (SSSR count). The second-order valence-electron chi connectivity index (χ2n) is 6.03. The van der Waals surface area contributed by atoms with Crippen LogP contribution >= 0.6 is 0 Å². The van der Waals surface area contributed by atoms with Crippen molar-refractivity contribution in [1.82, 2.24) is 4.90 Å². The predicted octanol–water partition coefficient (Wildman–Crippen LogP) is 4.22. The van der Waals surface area contributed by atoms with Gasteiger partial charge in [-0.05, 0) is 51.2 Å². The molecule has 1 heterocycles. The molecule has 1 aromatic carbocycles. The number of nitrogens with one attached hydrogen (secondary N) is 1. The number of hydrogen-bond acceptors (Lipinski definition) is 2. The van der Waals surface area contributed by atoms with Gasteiger partial charge in [0, 0.05) is 24.8 Å². The number of rotatable bonds is 5. The largest absolute Gasteiger partial charge is 0.384 e. The lowest BCUT2D eigenvalue weighted by Crippen LogP contribution is -2.43. The van der Waals surface area contributed by atoms with Gasteiger partial charge in [0.25, 0.3) is 5.91 Å². The van der Waals surface area contributed by atoms with Gasteiger partial charge in [-0.15, -0.1) is 0 Å². The van der Waals surface area contributed by atoms with E-state index in [2.05, 4.69) is 30.1 Å². The van der Waals surface area contributed by atoms with Crippen molar-refractivity contribution < 1.29 is 4.79 Å². The lowest BCUT2D eigenvalue weighted by Gasteiger charge is -2.35. The fraction of sp³-hybridized carbons (Fsp3) is 0.611. The first kappa shape index (κ1) is 15.9. The van der Waals surface area contributed by atoms with E-state index in [0.717, 1.165) is 55.6 Å². The van der Waals surface area contributed by atoms with E-state index >= 15 is 0 Å². The first-order valence-electron chi connectivity index (χ1n) is 8.32. The quantitative estimate of drug-likeness (QED) is 0.879. The van der Waals surface area contributed by atoms with Gasteiger partial charge in [-0.1, -0.05) is 25.5 Å². The van der Waals surface area contributed by atoms with Crippen LogP contribution in [0.3, 0.4) is 0 Å². The molecule has 1 fully saturated rings. The zero-order valence-corrected chi connectivity index (χ0v) is 13.6. The molecular weight excluding hydrogens is 260 g/mol. The van der Waals surface area contributed by atoms with Crippen molar-refractivity contribution in [3.8, 4) is 0 Å². The van der Waals surface area contributed by atoms with Gasteiger partial charge in [0.1, 0.15) is 0 Å². The smallest absolute Gasteiger partial charge is 0.256 e. The summed E-state index contributed by atoms with van der Waals surface area (Å²) in [5.41, 5.74) is 2.96. The molecule has 3 heteroatoms. The van der Waals surface area contributed by atoms with Gasteiger partial charge < -0.3 is 10.2 Å². The summed E-state index contributed by atoms with van der Waals surface area (Å²) in [6, 6.07) is 6.55. The third-order valence-electron chi connectivity index (χ3n) is 4.33. The van der Waals surface area contributed by atoms with Gasteiger partial charge >= 0.3 is 0 Å². The van der Waals surface area contributed by atoms with Gasteiger partial charge in [0.15, 0.2) is 0 Å². The Morgan fingerprint density at radius 1 is 1.33 bits per heavy atom. The van der Waals surface area contributed by atoms with Gasteiger partial charge in [0.05, 0.1) is 5.56 Å². The van der Waals surface area contributed by atoms with Crippen molar-refractivity contribution in [2.75, 3.05) is 18.4 Å². The third kappa shape index (κ3) is 3.78. The average molecular weight is 288 g/mol. The molecule has 0 radical (unpaired) electrons. The third-order valence-corrected chi connectivity index (χ3v) is 4.33. The number of nitrogens with zero attached hydrogens (tertiary/aromatic N) is 1. The molecule has 0 bridgehead atoms. The number of aryl methyl sites for hydroxylation is 1. The number of carbonyl (C=O) groups excluding carboxylic acids is 1. The van der Waals surface area contributed by atoms with Gasteiger partial charge in [-0.25, -0.2) is 0 Å². The van der Waals surface area contributed by atoms with Crippen LogP contribution in [0.15, 0.2) is 18.2 Å². The van der Waals surface area contributed by atoms with Crippen molar-refractivity contribution in [1.29, 1.82) is 0 Å². The van der Waals surface area contributed by atoms with E-state index in [1.165, 1.54) is 6.42 Å². The number of piperidine rings is 1. The molecule has 116 valence electrons. The Morgan fingerprint density at radius 2 is 2.14 bits per heavy atom. The first-order valence-corrected chi connectivity index (χ1v) is 8.32. The molecule has 1 aliphatic heterocycles. The van der Waals surface area contributed by atoms with Crippen molar-refractivity contribution >= 4 is 11.6 Å².